The molecule has 2 atom stereocenters. The van der Waals surface area contributed by atoms with E-state index in [0.717, 1.165) is 0 Å². The third-order valence-electron chi connectivity index (χ3n) is 3.20. The van der Waals surface area contributed by atoms with Crippen molar-refractivity contribution in [1.82, 2.24) is 0 Å². The van der Waals surface area contributed by atoms with Crippen LogP contribution in [-0.4, -0.2) is 47.0 Å². The molecule has 0 bridgehead atoms. The standard InChI is InChI=1S/C12H24O5Si/c1-12(2,3)18(5,6)17-10(9-14)11(15-4)16-8-7-13/h7,9-11H,8H2,1-6H3/t10-,11-/m1/s1. The summed E-state index contributed by atoms with van der Waals surface area (Å²) in [6, 6.07) is 0. The fraction of sp³-hybridized carbons (Fsp3) is 0.833. The Labute approximate surface area is 110 Å². The van der Waals surface area contributed by atoms with E-state index in [1.807, 2.05) is 13.1 Å². The maximum absolute atomic E-state index is 11.1. The van der Waals surface area contributed by atoms with Gasteiger partial charge in [-0.25, -0.2) is 0 Å². The molecule has 0 saturated carbocycles. The number of hydrogen-bond donors (Lipinski definition) is 0. The fourth-order valence-corrected chi connectivity index (χ4v) is 2.30. The molecule has 0 fully saturated rings. The molecule has 0 amide bonds. The number of ether oxygens (including phenoxy) is 2. The van der Waals surface area contributed by atoms with Crippen LogP contribution in [-0.2, 0) is 23.5 Å². The molecule has 0 aromatic rings. The van der Waals surface area contributed by atoms with E-state index in [0.29, 0.717) is 12.6 Å². The van der Waals surface area contributed by atoms with Gasteiger partial charge in [0, 0.05) is 7.11 Å². The Bertz CT molecular complexity index is 272. The molecule has 0 spiro atoms. The molecule has 0 aliphatic carbocycles. The van der Waals surface area contributed by atoms with Crippen LogP contribution in [0.5, 0.6) is 0 Å². The summed E-state index contributed by atoms with van der Waals surface area (Å²) in [5.41, 5.74) is 0. The summed E-state index contributed by atoms with van der Waals surface area (Å²) < 4.78 is 16.1. The predicted octanol–water partition coefficient (Wildman–Crippen LogP) is 1.76. The lowest BCUT2D eigenvalue weighted by Gasteiger charge is -2.39. The minimum atomic E-state index is -2.09. The maximum Gasteiger partial charge on any atom is 0.193 e. The van der Waals surface area contributed by atoms with E-state index in [1.165, 1.54) is 7.11 Å². The molecule has 0 aromatic carbocycles. The van der Waals surface area contributed by atoms with Crippen molar-refractivity contribution in [3.05, 3.63) is 0 Å². The van der Waals surface area contributed by atoms with E-state index in [9.17, 15) is 9.59 Å². The molecule has 6 heteroatoms. The van der Waals surface area contributed by atoms with E-state index >= 15 is 0 Å². The van der Waals surface area contributed by atoms with Gasteiger partial charge in [0.2, 0.25) is 0 Å². The average Bonchev–Trinajstić information content (AvgIpc) is 2.26. The quantitative estimate of drug-likeness (QED) is 0.384. The molecule has 5 nitrogen and oxygen atoms in total. The summed E-state index contributed by atoms with van der Waals surface area (Å²) >= 11 is 0. The van der Waals surface area contributed by atoms with Crippen LogP contribution in [0.25, 0.3) is 0 Å². The Morgan fingerprint density at radius 2 is 1.78 bits per heavy atom. The molecule has 0 aliphatic rings. The molecule has 0 heterocycles. The third kappa shape index (κ3) is 4.97. The van der Waals surface area contributed by atoms with Crippen molar-refractivity contribution in [1.29, 1.82) is 0 Å². The zero-order valence-electron chi connectivity index (χ0n) is 12.1. The lowest BCUT2D eigenvalue weighted by molar-refractivity contribution is -0.175. The maximum atomic E-state index is 11.1. The van der Waals surface area contributed by atoms with Crippen LogP contribution in [0.15, 0.2) is 0 Å². The minimum absolute atomic E-state index is 0.0167. The first-order valence-electron chi connectivity index (χ1n) is 5.90. The number of rotatable bonds is 8. The number of carbonyl (C=O) groups is 2. The van der Waals surface area contributed by atoms with Crippen LogP contribution in [0.1, 0.15) is 20.8 Å². The number of carbonyl (C=O) groups excluding carboxylic acids is 2. The molecule has 0 rings (SSSR count). The normalized spacial score (nSPS) is 16.1. The van der Waals surface area contributed by atoms with Gasteiger partial charge in [0.15, 0.2) is 27.0 Å². The van der Waals surface area contributed by atoms with Crippen molar-refractivity contribution in [2.45, 2.75) is 51.3 Å². The second-order valence-corrected chi connectivity index (χ2v) is 10.3. The second kappa shape index (κ2) is 7.13. The Kier molecular flexibility index (Phi) is 6.91. The Balaban J connectivity index is 4.76. The van der Waals surface area contributed by atoms with Crippen LogP contribution >= 0.6 is 0 Å². The zero-order valence-corrected chi connectivity index (χ0v) is 13.1. The summed E-state index contributed by atoms with van der Waals surface area (Å²) in [7, 11) is -0.669. The molecule has 0 aliphatic heterocycles. The first kappa shape index (κ1) is 17.4. The summed E-state index contributed by atoms with van der Waals surface area (Å²) in [6.07, 6.45) is -0.377. The van der Waals surface area contributed by atoms with E-state index in [-0.39, 0.29) is 11.6 Å². The van der Waals surface area contributed by atoms with Gasteiger partial charge in [0.05, 0.1) is 0 Å². The van der Waals surface area contributed by atoms with Gasteiger partial charge >= 0.3 is 0 Å². The first-order valence-corrected chi connectivity index (χ1v) is 8.81. The van der Waals surface area contributed by atoms with E-state index in [4.69, 9.17) is 13.9 Å². The smallest absolute Gasteiger partial charge is 0.193 e. The highest BCUT2D eigenvalue weighted by atomic mass is 28.4. The molecule has 0 saturated heterocycles. The van der Waals surface area contributed by atoms with Gasteiger partial charge in [-0.2, -0.15) is 0 Å². The second-order valence-electron chi connectivity index (χ2n) is 5.58. The largest absolute Gasteiger partial charge is 0.403 e. The first-order chi connectivity index (χ1) is 8.19. The van der Waals surface area contributed by atoms with Crippen molar-refractivity contribution in [2.75, 3.05) is 13.7 Å². The van der Waals surface area contributed by atoms with Crippen molar-refractivity contribution < 1.29 is 23.5 Å². The van der Waals surface area contributed by atoms with Gasteiger partial charge in [-0.15, -0.1) is 0 Å². The fourth-order valence-electron chi connectivity index (χ4n) is 1.10. The molecular formula is C12H24O5Si. The van der Waals surface area contributed by atoms with Crippen molar-refractivity contribution >= 4 is 20.9 Å². The molecule has 0 unspecified atom stereocenters. The highest BCUT2D eigenvalue weighted by molar-refractivity contribution is 6.74. The van der Waals surface area contributed by atoms with Gasteiger partial charge in [0.25, 0.3) is 0 Å². The van der Waals surface area contributed by atoms with Gasteiger partial charge in [-0.1, -0.05) is 20.8 Å². The van der Waals surface area contributed by atoms with Crippen LogP contribution in [0.3, 0.4) is 0 Å². The SMILES string of the molecule is CO[C@H](OCC=O)[C@@H](C=O)O[Si](C)(C)C(C)(C)C. The number of aldehydes is 2. The van der Waals surface area contributed by atoms with Crippen molar-refractivity contribution in [3.63, 3.8) is 0 Å². The topological polar surface area (TPSA) is 61.8 Å². The van der Waals surface area contributed by atoms with Crippen molar-refractivity contribution in [2.24, 2.45) is 0 Å². The van der Waals surface area contributed by atoms with Crippen LogP contribution in [0, 0.1) is 0 Å². The van der Waals surface area contributed by atoms with Crippen LogP contribution in [0.2, 0.25) is 18.1 Å². The Morgan fingerprint density at radius 3 is 2.11 bits per heavy atom. The molecule has 106 valence electrons. The van der Waals surface area contributed by atoms with Gasteiger partial charge in [-0.05, 0) is 18.1 Å². The number of methoxy groups -OCH3 is 1. The third-order valence-corrected chi connectivity index (χ3v) is 7.67. The Morgan fingerprint density at radius 1 is 1.22 bits per heavy atom. The summed E-state index contributed by atoms with van der Waals surface area (Å²) in [5, 5.41) is -0.0167. The van der Waals surface area contributed by atoms with Gasteiger partial charge in [-0.3, -0.25) is 0 Å². The molecule has 18 heavy (non-hydrogen) atoms. The van der Waals surface area contributed by atoms with E-state index in [2.05, 4.69) is 20.8 Å². The monoisotopic (exact) mass is 276 g/mol. The molecule has 0 radical (unpaired) electrons. The lowest BCUT2D eigenvalue weighted by atomic mass is 10.2. The van der Waals surface area contributed by atoms with E-state index in [1.54, 1.807) is 0 Å². The number of hydrogen-bond acceptors (Lipinski definition) is 5. The lowest BCUT2D eigenvalue weighted by Crippen LogP contribution is -2.48. The summed E-state index contributed by atoms with van der Waals surface area (Å²) in [6.45, 7) is 10.2. The summed E-state index contributed by atoms with van der Waals surface area (Å²) in [4.78, 5) is 21.4. The van der Waals surface area contributed by atoms with Crippen LogP contribution in [0.4, 0.5) is 0 Å². The minimum Gasteiger partial charge on any atom is -0.403 e. The molecular weight excluding hydrogens is 252 g/mol. The van der Waals surface area contributed by atoms with Crippen LogP contribution < -0.4 is 0 Å². The van der Waals surface area contributed by atoms with Gasteiger partial charge < -0.3 is 23.5 Å². The molecule has 0 aromatic heterocycles. The highest BCUT2D eigenvalue weighted by Crippen LogP contribution is 2.37. The highest BCUT2D eigenvalue weighted by Gasteiger charge is 2.41. The predicted molar refractivity (Wildman–Crippen MR) is 70.9 cm³/mol. The van der Waals surface area contributed by atoms with Gasteiger partial charge in [0.1, 0.15) is 12.9 Å². The average molecular weight is 276 g/mol. The molecule has 0 N–H and O–H groups in total. The zero-order chi connectivity index (χ0) is 14.4. The Hall–Kier alpha value is -0.563. The summed E-state index contributed by atoms with van der Waals surface area (Å²) in [5.74, 6) is 0. The van der Waals surface area contributed by atoms with Crippen molar-refractivity contribution in [3.8, 4) is 0 Å². The van der Waals surface area contributed by atoms with E-state index < -0.39 is 20.7 Å².